The number of carbonyl (C=O) groups is 1. The number of hydrogen-bond donors (Lipinski definition) is 3. The molecule has 1 aromatic heterocycles. The quantitative estimate of drug-likeness (QED) is 0.658. The molecule has 3 N–H and O–H groups in total. The lowest BCUT2D eigenvalue weighted by Gasteiger charge is -2.19. The molecule has 0 saturated carbocycles. The van der Waals surface area contributed by atoms with Crippen molar-refractivity contribution in [1.29, 1.82) is 0 Å². The van der Waals surface area contributed by atoms with Gasteiger partial charge in [-0.2, -0.15) is 13.2 Å². The van der Waals surface area contributed by atoms with Crippen molar-refractivity contribution >= 4 is 29.5 Å². The topological polar surface area (TPSA) is 99.9 Å². The fraction of sp³-hybridized carbons (Fsp3) is 0.231. The van der Waals surface area contributed by atoms with Crippen molar-refractivity contribution in [2.75, 3.05) is 6.61 Å². The zero-order chi connectivity index (χ0) is 17.2. The van der Waals surface area contributed by atoms with Crippen molar-refractivity contribution in [1.82, 2.24) is 4.98 Å². The molecule has 0 saturated heterocycles. The minimum absolute atomic E-state index is 0.422. The van der Waals surface area contributed by atoms with E-state index in [2.05, 4.69) is 4.98 Å². The summed E-state index contributed by atoms with van der Waals surface area (Å²) >= 11 is 0. The highest BCUT2D eigenvalue weighted by molar-refractivity contribution is 6.61. The smallest absolute Gasteiger partial charge is 0.490 e. The van der Waals surface area contributed by atoms with Crippen LogP contribution in [0.4, 0.5) is 13.2 Å². The fourth-order valence-electron chi connectivity index (χ4n) is 2.13. The number of alkyl halides is 3. The fourth-order valence-corrected chi connectivity index (χ4v) is 2.13. The monoisotopic (exact) mass is 329 g/mol. The van der Waals surface area contributed by atoms with Crippen molar-refractivity contribution in [3.05, 3.63) is 30.0 Å². The molecule has 122 valence electrons. The van der Waals surface area contributed by atoms with Gasteiger partial charge in [0.2, 0.25) is 0 Å². The normalized spacial score (nSPS) is 12.9. The molecule has 0 aliphatic carbocycles. The second kappa shape index (κ2) is 6.43. The molecular formula is C13H11BF3NO5. The number of halogens is 3. The van der Waals surface area contributed by atoms with Gasteiger partial charge in [-0.05, 0) is 17.7 Å². The molecule has 23 heavy (non-hydrogen) atoms. The maximum absolute atomic E-state index is 10.6. The molecule has 0 unspecified atom stereocenters. The third kappa shape index (κ3) is 3.72. The van der Waals surface area contributed by atoms with E-state index >= 15 is 0 Å². The zero-order valence-corrected chi connectivity index (χ0v) is 11.5. The van der Waals surface area contributed by atoms with Gasteiger partial charge in [0.15, 0.2) is 0 Å². The minimum atomic E-state index is -5.08. The second-order valence-corrected chi connectivity index (χ2v) is 4.62. The number of pyridine rings is 1. The van der Waals surface area contributed by atoms with Gasteiger partial charge in [0.25, 0.3) is 0 Å². The van der Waals surface area contributed by atoms with Crippen LogP contribution in [0, 0.1) is 0 Å². The number of benzene rings is 1. The Labute approximate surface area is 128 Å². The van der Waals surface area contributed by atoms with E-state index in [-0.39, 0.29) is 0 Å². The van der Waals surface area contributed by atoms with Crippen LogP contribution in [0.15, 0.2) is 24.4 Å². The van der Waals surface area contributed by atoms with Crippen LogP contribution in [0.3, 0.4) is 0 Å². The summed E-state index contributed by atoms with van der Waals surface area (Å²) in [5.74, 6) is -1.98. The number of aromatic nitrogens is 1. The Morgan fingerprint density at radius 2 is 1.91 bits per heavy atom. The average molecular weight is 329 g/mol. The van der Waals surface area contributed by atoms with Crippen LogP contribution in [-0.4, -0.2) is 46.0 Å². The molecule has 0 atom stereocenters. The third-order valence-electron chi connectivity index (χ3n) is 3.12. The molecular weight excluding hydrogens is 318 g/mol. The van der Waals surface area contributed by atoms with Gasteiger partial charge in [-0.3, -0.25) is 4.98 Å². The van der Waals surface area contributed by atoms with E-state index in [1.54, 1.807) is 18.3 Å². The van der Waals surface area contributed by atoms with Crippen LogP contribution < -0.4 is 10.2 Å². The molecule has 1 aliphatic heterocycles. The Kier molecular flexibility index (Phi) is 4.76. The highest BCUT2D eigenvalue weighted by Crippen LogP contribution is 2.30. The largest absolute Gasteiger partial charge is 0.493 e. The summed E-state index contributed by atoms with van der Waals surface area (Å²) in [6.07, 6.45) is -2.56. The van der Waals surface area contributed by atoms with Gasteiger partial charge in [0, 0.05) is 23.5 Å². The number of aliphatic carboxylic acids is 1. The molecule has 0 amide bonds. The van der Waals surface area contributed by atoms with Crippen molar-refractivity contribution in [3.63, 3.8) is 0 Å². The van der Waals surface area contributed by atoms with Crippen LogP contribution in [-0.2, 0) is 11.2 Å². The molecule has 0 spiro atoms. The summed E-state index contributed by atoms with van der Waals surface area (Å²) < 4.78 is 37.3. The van der Waals surface area contributed by atoms with Gasteiger partial charge in [0.1, 0.15) is 5.75 Å². The Hall–Kier alpha value is -2.33. The van der Waals surface area contributed by atoms with E-state index in [0.29, 0.717) is 17.6 Å². The molecule has 2 heterocycles. The van der Waals surface area contributed by atoms with Crippen molar-refractivity contribution < 1.29 is 37.9 Å². The number of rotatable bonds is 1. The number of carboxylic acid groups (broad SMARTS) is 1. The maximum atomic E-state index is 10.6. The molecule has 0 fully saturated rings. The van der Waals surface area contributed by atoms with Crippen LogP contribution in [0.2, 0.25) is 0 Å². The average Bonchev–Trinajstić information content (AvgIpc) is 2.47. The van der Waals surface area contributed by atoms with Crippen LogP contribution >= 0.6 is 0 Å². The third-order valence-corrected chi connectivity index (χ3v) is 3.12. The first-order valence-electron chi connectivity index (χ1n) is 6.41. The number of hydrogen-bond acceptors (Lipinski definition) is 5. The standard InChI is InChI=1S/C11H10BNO3.C2HF3O2/c14-12(15)8-1-2-9-10-7(4-6-16-9)3-5-13-11(8)10;3-2(4,5)1(6)7/h1-3,5,14-15H,4,6H2;(H,6,7). The van der Waals surface area contributed by atoms with Gasteiger partial charge in [-0.15, -0.1) is 0 Å². The first kappa shape index (κ1) is 17.0. The molecule has 0 radical (unpaired) electrons. The van der Waals surface area contributed by atoms with Gasteiger partial charge in [-0.25, -0.2) is 4.79 Å². The Morgan fingerprint density at radius 3 is 2.48 bits per heavy atom. The van der Waals surface area contributed by atoms with E-state index in [0.717, 1.165) is 23.1 Å². The molecule has 6 nitrogen and oxygen atoms in total. The number of carboxylic acids is 1. The number of ether oxygens (including phenoxy) is 1. The minimum Gasteiger partial charge on any atom is -0.493 e. The summed E-state index contributed by atoms with van der Waals surface area (Å²) in [5.41, 5.74) is 2.18. The van der Waals surface area contributed by atoms with E-state index < -0.39 is 19.3 Å². The molecule has 1 aromatic carbocycles. The van der Waals surface area contributed by atoms with Crippen LogP contribution in [0.25, 0.3) is 10.9 Å². The predicted molar refractivity (Wildman–Crippen MR) is 74.5 cm³/mol. The summed E-state index contributed by atoms with van der Waals surface area (Å²) in [4.78, 5) is 13.1. The first-order valence-corrected chi connectivity index (χ1v) is 6.41. The van der Waals surface area contributed by atoms with Crippen LogP contribution in [0.5, 0.6) is 5.75 Å². The van der Waals surface area contributed by atoms with E-state index in [1.807, 2.05) is 6.07 Å². The molecule has 1 aliphatic rings. The van der Waals surface area contributed by atoms with Gasteiger partial charge >= 0.3 is 19.3 Å². The van der Waals surface area contributed by atoms with Crippen LogP contribution in [0.1, 0.15) is 5.56 Å². The molecule has 2 aromatic rings. The van der Waals surface area contributed by atoms with E-state index in [9.17, 15) is 23.2 Å². The lowest BCUT2D eigenvalue weighted by atomic mass is 9.78. The summed E-state index contributed by atoms with van der Waals surface area (Å²) in [5, 5.41) is 26.6. The van der Waals surface area contributed by atoms with Gasteiger partial charge < -0.3 is 19.9 Å². The van der Waals surface area contributed by atoms with Crippen molar-refractivity contribution in [2.24, 2.45) is 0 Å². The second-order valence-electron chi connectivity index (χ2n) is 4.62. The predicted octanol–water partition coefficient (Wildman–Crippen LogP) is 0.483. The maximum Gasteiger partial charge on any atom is 0.490 e. The summed E-state index contributed by atoms with van der Waals surface area (Å²) in [6.45, 7) is 0.660. The van der Waals surface area contributed by atoms with Crippen molar-refractivity contribution in [3.8, 4) is 5.75 Å². The SMILES string of the molecule is O=C(O)C(F)(F)F.OB(O)c1ccc2c3c(ccnc13)CCO2. The highest BCUT2D eigenvalue weighted by Gasteiger charge is 2.38. The summed E-state index contributed by atoms with van der Waals surface area (Å²) in [6, 6.07) is 5.35. The Balaban J connectivity index is 0.000000236. The lowest BCUT2D eigenvalue weighted by molar-refractivity contribution is -0.192. The molecule has 3 rings (SSSR count). The van der Waals surface area contributed by atoms with Crippen molar-refractivity contribution in [2.45, 2.75) is 12.6 Å². The molecule has 10 heteroatoms. The first-order chi connectivity index (χ1) is 10.7. The molecule has 0 bridgehead atoms. The van der Waals surface area contributed by atoms with Gasteiger partial charge in [0.05, 0.1) is 12.1 Å². The highest BCUT2D eigenvalue weighted by atomic mass is 19.4. The van der Waals surface area contributed by atoms with E-state index in [1.165, 1.54) is 0 Å². The number of nitrogens with zero attached hydrogens (tertiary/aromatic N) is 1. The summed E-state index contributed by atoms with van der Waals surface area (Å²) in [7, 11) is -1.50. The van der Waals surface area contributed by atoms with Gasteiger partial charge in [-0.1, -0.05) is 6.07 Å². The van der Waals surface area contributed by atoms with E-state index in [4.69, 9.17) is 14.6 Å². The zero-order valence-electron chi connectivity index (χ0n) is 11.5. The lowest BCUT2D eigenvalue weighted by Crippen LogP contribution is -2.31. The Bertz CT molecular complexity index is 725. The Morgan fingerprint density at radius 1 is 1.26 bits per heavy atom.